The number of nitrogens with zero attached hydrogens (tertiary/aromatic N) is 6. The first kappa shape index (κ1) is 13.4. The van der Waals surface area contributed by atoms with Crippen LogP contribution in [0.1, 0.15) is 11.6 Å². The van der Waals surface area contributed by atoms with Crippen LogP contribution in [-0.4, -0.2) is 35.0 Å². The first-order valence-electron chi connectivity index (χ1n) is 7.19. The van der Waals surface area contributed by atoms with E-state index in [0.717, 1.165) is 11.4 Å². The average Bonchev–Trinajstić information content (AvgIpc) is 3.19. The van der Waals surface area contributed by atoms with Crippen molar-refractivity contribution in [2.45, 2.75) is 13.5 Å². The molecule has 2 N–H and O–H groups in total. The van der Waals surface area contributed by atoms with E-state index in [2.05, 4.69) is 35.8 Å². The Morgan fingerprint density at radius 2 is 1.96 bits per heavy atom. The molecule has 0 radical (unpaired) electrons. The Bertz CT molecular complexity index is 940. The van der Waals surface area contributed by atoms with E-state index in [0.29, 0.717) is 29.7 Å². The molecule has 8 heteroatoms. The minimum Gasteiger partial charge on any atom is -0.361 e. The van der Waals surface area contributed by atoms with Crippen molar-refractivity contribution >= 4 is 11.5 Å². The fraction of sp³-hybridized carbons (Fsp3) is 0.133. The minimum atomic E-state index is 0.492. The Morgan fingerprint density at radius 1 is 1.09 bits per heavy atom. The van der Waals surface area contributed by atoms with Gasteiger partial charge < -0.3 is 5.32 Å². The highest BCUT2D eigenvalue weighted by Gasteiger charge is 2.09. The molecule has 114 valence electrons. The standard InChI is InChI=1S/C15H14N8/c1-10-17-13(19-18-10)9-16-12-7-8-14-20-21-15(23(14)22-12)11-5-3-2-4-6-11/h2-8H,9H2,1H3,(H,16,22)(H,17,18,19). The number of benzene rings is 1. The van der Waals surface area contributed by atoms with Crippen molar-refractivity contribution in [3.05, 3.63) is 54.1 Å². The molecular weight excluding hydrogens is 292 g/mol. The van der Waals surface area contributed by atoms with Crippen molar-refractivity contribution in [1.82, 2.24) is 35.0 Å². The van der Waals surface area contributed by atoms with Crippen molar-refractivity contribution in [2.24, 2.45) is 0 Å². The summed E-state index contributed by atoms with van der Waals surface area (Å²) in [5.74, 6) is 2.89. The molecule has 0 aliphatic rings. The van der Waals surface area contributed by atoms with Crippen LogP contribution in [0.15, 0.2) is 42.5 Å². The summed E-state index contributed by atoms with van der Waals surface area (Å²) < 4.78 is 1.72. The second-order valence-corrected chi connectivity index (χ2v) is 5.07. The maximum Gasteiger partial charge on any atom is 0.185 e. The summed E-state index contributed by atoms with van der Waals surface area (Å²) in [6, 6.07) is 13.6. The Hall–Kier alpha value is -3.29. The highest BCUT2D eigenvalue weighted by Crippen LogP contribution is 2.17. The van der Waals surface area contributed by atoms with Crippen LogP contribution in [0.2, 0.25) is 0 Å². The Labute approximate surface area is 131 Å². The zero-order valence-electron chi connectivity index (χ0n) is 12.4. The van der Waals surface area contributed by atoms with Gasteiger partial charge in [-0.1, -0.05) is 30.3 Å². The summed E-state index contributed by atoms with van der Waals surface area (Å²) in [6.45, 7) is 2.36. The van der Waals surface area contributed by atoms with Gasteiger partial charge in [0.2, 0.25) is 0 Å². The van der Waals surface area contributed by atoms with Gasteiger partial charge in [0, 0.05) is 5.56 Å². The number of fused-ring (bicyclic) bond motifs is 1. The van der Waals surface area contributed by atoms with E-state index >= 15 is 0 Å². The molecule has 4 aromatic rings. The van der Waals surface area contributed by atoms with E-state index in [4.69, 9.17) is 0 Å². The number of aryl methyl sites for hydroxylation is 1. The predicted molar refractivity (Wildman–Crippen MR) is 84.7 cm³/mol. The van der Waals surface area contributed by atoms with E-state index in [-0.39, 0.29) is 0 Å². The summed E-state index contributed by atoms with van der Waals surface area (Å²) >= 11 is 0. The van der Waals surface area contributed by atoms with E-state index in [1.165, 1.54) is 0 Å². The summed E-state index contributed by atoms with van der Waals surface area (Å²) in [5.41, 5.74) is 1.66. The largest absolute Gasteiger partial charge is 0.361 e. The third kappa shape index (κ3) is 2.61. The predicted octanol–water partition coefficient (Wildman–Crippen LogP) is 1.83. The van der Waals surface area contributed by atoms with Crippen molar-refractivity contribution in [3.8, 4) is 11.4 Å². The number of nitrogens with one attached hydrogen (secondary N) is 2. The van der Waals surface area contributed by atoms with Gasteiger partial charge in [-0.15, -0.1) is 15.3 Å². The van der Waals surface area contributed by atoms with Crippen LogP contribution < -0.4 is 5.32 Å². The molecule has 1 aromatic carbocycles. The highest BCUT2D eigenvalue weighted by molar-refractivity contribution is 5.59. The van der Waals surface area contributed by atoms with Crippen LogP contribution in [0.25, 0.3) is 17.0 Å². The van der Waals surface area contributed by atoms with E-state index in [1.54, 1.807) is 4.52 Å². The van der Waals surface area contributed by atoms with Crippen LogP contribution in [-0.2, 0) is 6.54 Å². The molecule has 0 fully saturated rings. The topological polar surface area (TPSA) is 96.7 Å². The quantitative estimate of drug-likeness (QED) is 0.597. The summed E-state index contributed by atoms with van der Waals surface area (Å²) in [4.78, 5) is 4.25. The molecular formula is C15H14N8. The van der Waals surface area contributed by atoms with Gasteiger partial charge >= 0.3 is 0 Å². The molecule has 0 unspecified atom stereocenters. The fourth-order valence-electron chi connectivity index (χ4n) is 2.29. The smallest absolute Gasteiger partial charge is 0.185 e. The van der Waals surface area contributed by atoms with E-state index in [9.17, 15) is 0 Å². The second-order valence-electron chi connectivity index (χ2n) is 5.07. The number of hydrogen-bond acceptors (Lipinski definition) is 6. The van der Waals surface area contributed by atoms with Gasteiger partial charge in [-0.2, -0.15) is 9.61 Å². The Morgan fingerprint density at radius 3 is 2.74 bits per heavy atom. The number of H-pyrrole nitrogens is 1. The fourth-order valence-corrected chi connectivity index (χ4v) is 2.29. The number of hydrogen-bond donors (Lipinski definition) is 2. The van der Waals surface area contributed by atoms with Crippen LogP contribution in [0.4, 0.5) is 5.82 Å². The van der Waals surface area contributed by atoms with Crippen molar-refractivity contribution in [2.75, 3.05) is 5.32 Å². The molecule has 0 atom stereocenters. The van der Waals surface area contributed by atoms with Gasteiger partial charge in [-0.3, -0.25) is 5.10 Å². The first-order valence-corrected chi connectivity index (χ1v) is 7.19. The molecule has 23 heavy (non-hydrogen) atoms. The van der Waals surface area contributed by atoms with Crippen LogP contribution >= 0.6 is 0 Å². The number of anilines is 1. The van der Waals surface area contributed by atoms with Gasteiger partial charge in [0.05, 0.1) is 6.54 Å². The third-order valence-corrected chi connectivity index (χ3v) is 3.37. The summed E-state index contributed by atoms with van der Waals surface area (Å²) in [7, 11) is 0. The number of aromatic nitrogens is 7. The van der Waals surface area contributed by atoms with Crippen molar-refractivity contribution in [3.63, 3.8) is 0 Å². The van der Waals surface area contributed by atoms with Crippen LogP contribution in [0, 0.1) is 6.92 Å². The van der Waals surface area contributed by atoms with Gasteiger partial charge in [0.15, 0.2) is 17.3 Å². The lowest BCUT2D eigenvalue weighted by molar-refractivity contribution is 0.901. The molecule has 0 saturated carbocycles. The molecule has 8 nitrogen and oxygen atoms in total. The van der Waals surface area contributed by atoms with E-state index < -0.39 is 0 Å². The van der Waals surface area contributed by atoms with Crippen LogP contribution in [0.3, 0.4) is 0 Å². The molecule has 3 aromatic heterocycles. The normalized spacial score (nSPS) is 11.0. The molecule has 3 heterocycles. The maximum absolute atomic E-state index is 4.55. The number of rotatable bonds is 4. The third-order valence-electron chi connectivity index (χ3n) is 3.37. The lowest BCUT2D eigenvalue weighted by atomic mass is 10.2. The molecule has 4 rings (SSSR count). The molecule has 0 aliphatic heterocycles. The zero-order valence-corrected chi connectivity index (χ0v) is 12.4. The highest BCUT2D eigenvalue weighted by atomic mass is 15.4. The van der Waals surface area contributed by atoms with Crippen LogP contribution in [0.5, 0.6) is 0 Å². The van der Waals surface area contributed by atoms with E-state index in [1.807, 2.05) is 49.4 Å². The molecule has 0 bridgehead atoms. The molecule has 0 saturated heterocycles. The molecule has 0 amide bonds. The summed E-state index contributed by atoms with van der Waals surface area (Å²) in [6.07, 6.45) is 0. The lowest BCUT2D eigenvalue weighted by Gasteiger charge is -2.04. The first-order chi connectivity index (χ1) is 11.3. The zero-order chi connectivity index (χ0) is 15.6. The van der Waals surface area contributed by atoms with Gasteiger partial charge in [-0.25, -0.2) is 4.98 Å². The lowest BCUT2D eigenvalue weighted by Crippen LogP contribution is -2.06. The minimum absolute atomic E-state index is 0.492. The molecule has 0 aliphatic carbocycles. The number of aromatic amines is 1. The van der Waals surface area contributed by atoms with Crippen molar-refractivity contribution < 1.29 is 0 Å². The Kier molecular flexibility index (Phi) is 3.19. The van der Waals surface area contributed by atoms with Gasteiger partial charge in [0.25, 0.3) is 0 Å². The maximum atomic E-state index is 4.55. The Balaban J connectivity index is 1.64. The average molecular weight is 306 g/mol. The summed E-state index contributed by atoms with van der Waals surface area (Å²) in [5, 5.41) is 23.0. The molecule has 0 spiro atoms. The van der Waals surface area contributed by atoms with Gasteiger partial charge in [0.1, 0.15) is 11.6 Å². The SMILES string of the molecule is Cc1nc(CNc2ccc3nnc(-c4ccccc4)n3n2)n[nH]1. The second kappa shape index (κ2) is 5.48. The van der Waals surface area contributed by atoms with Crippen molar-refractivity contribution in [1.29, 1.82) is 0 Å². The van der Waals surface area contributed by atoms with Gasteiger partial charge in [-0.05, 0) is 19.1 Å². The monoisotopic (exact) mass is 306 g/mol.